The van der Waals surface area contributed by atoms with Gasteiger partial charge in [0, 0.05) is 55.2 Å². The van der Waals surface area contributed by atoms with Crippen LogP contribution in [-0.2, 0) is 9.59 Å². The normalized spacial score (nSPS) is 24.3. The molecule has 9 nitrogen and oxygen atoms in total. The second kappa shape index (κ2) is 11.3. The van der Waals surface area contributed by atoms with E-state index in [2.05, 4.69) is 5.32 Å². The maximum Gasteiger partial charge on any atom is 0.269 e. The molecule has 4 atom stereocenters. The van der Waals surface area contributed by atoms with Crippen LogP contribution in [0.1, 0.15) is 45.6 Å². The number of halogens is 1. The number of thiophene rings is 1. The first-order valence-corrected chi connectivity index (χ1v) is 15.0. The quantitative estimate of drug-likeness (QED) is 0.242. The lowest BCUT2D eigenvalue weighted by Gasteiger charge is -2.36. The molecule has 1 aliphatic carbocycles. The molecule has 3 fully saturated rings. The number of hydrogen-bond acceptors (Lipinski definition) is 7. The number of nitrogens with one attached hydrogen (secondary N) is 1. The van der Waals surface area contributed by atoms with Crippen molar-refractivity contribution in [2.24, 2.45) is 11.8 Å². The number of piperazine rings is 1. The monoisotopic (exact) mass is 592 g/mol. The van der Waals surface area contributed by atoms with Crippen LogP contribution in [0.15, 0.2) is 66.0 Å². The molecule has 4 unspecified atom stereocenters. The molecule has 2 aromatic carbocycles. The van der Waals surface area contributed by atoms with E-state index in [1.54, 1.807) is 46.2 Å². The van der Waals surface area contributed by atoms with Gasteiger partial charge in [0.15, 0.2) is 5.78 Å². The fourth-order valence-corrected chi connectivity index (χ4v) is 7.07. The van der Waals surface area contributed by atoms with Crippen molar-refractivity contribution in [1.82, 2.24) is 15.1 Å². The second-order valence-electron chi connectivity index (χ2n) is 10.8. The molecule has 1 N–H and O–H groups in total. The number of non-ortho nitro benzene ring substituents is 1. The predicted octanol–water partition coefficient (Wildman–Crippen LogP) is 4.69. The van der Waals surface area contributed by atoms with Crippen LogP contribution in [0.2, 0.25) is 5.02 Å². The number of rotatable bonds is 7. The number of carbonyl (C=O) groups is 3. The molecule has 6 rings (SSSR count). The zero-order chi connectivity index (χ0) is 28.7. The molecular formula is C30H29ClN4O5S. The van der Waals surface area contributed by atoms with Crippen LogP contribution < -0.4 is 5.32 Å². The summed E-state index contributed by atoms with van der Waals surface area (Å²) >= 11 is 7.55. The molecule has 1 aromatic heterocycles. The summed E-state index contributed by atoms with van der Waals surface area (Å²) in [6.07, 6.45) is 1.42. The molecule has 3 aromatic rings. The van der Waals surface area contributed by atoms with E-state index in [1.807, 2.05) is 17.5 Å². The van der Waals surface area contributed by atoms with E-state index in [0.717, 1.165) is 5.56 Å². The first-order chi connectivity index (χ1) is 19.8. The number of hydrogen-bond donors (Lipinski definition) is 1. The Hall–Kier alpha value is -3.60. The number of carbonyl (C=O) groups excluding carboxylic acids is 3. The standard InChI is InChI=1S/C30H29ClN4O5S/c31-21-10-8-18(9-11-21)24-25(28(36)23-5-2-16-41-23)26(20-3-1-4-22(17-20)35(39)40)34(29(37)19-6-7-19)27(24)30(38)33-14-12-32-13-15-33/h1-5,8-11,16-17,19,24-27,32H,6-7,12-15H2. The maximum absolute atomic E-state index is 14.5. The molecule has 212 valence electrons. The van der Waals surface area contributed by atoms with Gasteiger partial charge in [0.1, 0.15) is 6.04 Å². The lowest BCUT2D eigenvalue weighted by Crippen LogP contribution is -2.55. The third kappa shape index (κ3) is 5.27. The third-order valence-corrected chi connectivity index (χ3v) is 9.41. The number of Topliss-reactive ketones (excluding diaryl/α,β-unsaturated/α-hetero) is 1. The highest BCUT2D eigenvalue weighted by Crippen LogP contribution is 2.54. The number of nitrogens with zero attached hydrogens (tertiary/aromatic N) is 3. The average molecular weight is 593 g/mol. The molecule has 2 aliphatic heterocycles. The van der Waals surface area contributed by atoms with Gasteiger partial charge in [-0.3, -0.25) is 24.5 Å². The van der Waals surface area contributed by atoms with E-state index in [9.17, 15) is 24.5 Å². The lowest BCUT2D eigenvalue weighted by molar-refractivity contribution is -0.385. The van der Waals surface area contributed by atoms with Crippen molar-refractivity contribution in [3.8, 4) is 0 Å². The van der Waals surface area contributed by atoms with Crippen LogP contribution in [0.4, 0.5) is 5.69 Å². The molecule has 3 heterocycles. The Morgan fingerprint density at radius 3 is 2.32 bits per heavy atom. The minimum Gasteiger partial charge on any atom is -0.338 e. The maximum atomic E-state index is 14.5. The van der Waals surface area contributed by atoms with Gasteiger partial charge in [0.05, 0.1) is 21.8 Å². The summed E-state index contributed by atoms with van der Waals surface area (Å²) in [7, 11) is 0. The first kappa shape index (κ1) is 27.6. The Balaban J connectivity index is 1.58. The van der Waals surface area contributed by atoms with E-state index >= 15 is 0 Å². The summed E-state index contributed by atoms with van der Waals surface area (Å²) < 4.78 is 0. The van der Waals surface area contributed by atoms with E-state index < -0.39 is 28.8 Å². The van der Waals surface area contributed by atoms with Crippen LogP contribution in [0.5, 0.6) is 0 Å². The highest BCUT2D eigenvalue weighted by Gasteiger charge is 2.59. The third-order valence-electron chi connectivity index (χ3n) is 8.27. The van der Waals surface area contributed by atoms with Gasteiger partial charge in [-0.2, -0.15) is 0 Å². The molecule has 1 saturated carbocycles. The number of likely N-dealkylation sites (tertiary alicyclic amines) is 1. The van der Waals surface area contributed by atoms with Gasteiger partial charge in [-0.05, 0) is 47.5 Å². The summed E-state index contributed by atoms with van der Waals surface area (Å²) in [5, 5.41) is 17.4. The fourth-order valence-electron chi connectivity index (χ4n) is 6.23. The first-order valence-electron chi connectivity index (χ1n) is 13.7. The smallest absolute Gasteiger partial charge is 0.269 e. The van der Waals surface area contributed by atoms with Gasteiger partial charge in [-0.15, -0.1) is 11.3 Å². The fraction of sp³-hybridized carbons (Fsp3) is 0.367. The van der Waals surface area contributed by atoms with Gasteiger partial charge in [-0.25, -0.2) is 0 Å². The van der Waals surface area contributed by atoms with Gasteiger partial charge in [0.25, 0.3) is 5.69 Å². The van der Waals surface area contributed by atoms with Gasteiger partial charge in [-0.1, -0.05) is 41.9 Å². The van der Waals surface area contributed by atoms with Crippen molar-refractivity contribution >= 4 is 46.2 Å². The van der Waals surface area contributed by atoms with Crippen molar-refractivity contribution < 1.29 is 19.3 Å². The molecule has 2 saturated heterocycles. The molecule has 41 heavy (non-hydrogen) atoms. The Kier molecular flexibility index (Phi) is 7.63. The summed E-state index contributed by atoms with van der Waals surface area (Å²) in [4.78, 5) is 58.3. The lowest BCUT2D eigenvalue weighted by atomic mass is 9.77. The number of ketones is 1. The molecule has 0 bridgehead atoms. The van der Waals surface area contributed by atoms with Gasteiger partial charge >= 0.3 is 0 Å². The molecule has 0 spiro atoms. The largest absolute Gasteiger partial charge is 0.338 e. The highest BCUT2D eigenvalue weighted by molar-refractivity contribution is 7.12. The molecule has 2 amide bonds. The number of amides is 2. The SMILES string of the molecule is O=C(c1cccs1)C1C(c2ccc(Cl)cc2)C(C(=O)N2CCNCC2)N(C(=O)C2CC2)C1c1cccc([N+](=O)[O-])c1. The summed E-state index contributed by atoms with van der Waals surface area (Å²) in [6, 6.07) is 14.9. The van der Waals surface area contributed by atoms with Crippen molar-refractivity contribution in [1.29, 1.82) is 0 Å². The molecular weight excluding hydrogens is 564 g/mol. The van der Waals surface area contributed by atoms with Gasteiger partial charge < -0.3 is 15.1 Å². The molecule has 3 aliphatic rings. The van der Waals surface area contributed by atoms with Crippen LogP contribution in [0.25, 0.3) is 0 Å². The van der Waals surface area contributed by atoms with Crippen molar-refractivity contribution in [3.05, 3.63) is 97.2 Å². The summed E-state index contributed by atoms with van der Waals surface area (Å²) in [6.45, 7) is 2.23. The molecule has 11 heteroatoms. The zero-order valence-electron chi connectivity index (χ0n) is 22.1. The summed E-state index contributed by atoms with van der Waals surface area (Å²) in [5.74, 6) is -2.36. The van der Waals surface area contributed by atoms with Gasteiger partial charge in [0.2, 0.25) is 11.8 Å². The average Bonchev–Trinajstić information content (AvgIpc) is 3.58. The topological polar surface area (TPSA) is 113 Å². The van der Waals surface area contributed by atoms with E-state index in [-0.39, 0.29) is 29.2 Å². The van der Waals surface area contributed by atoms with E-state index in [1.165, 1.54) is 23.5 Å². The number of nitro groups is 1. The number of benzene rings is 2. The van der Waals surface area contributed by atoms with Crippen molar-refractivity contribution in [2.45, 2.75) is 30.8 Å². The Labute approximate surface area is 246 Å². The second-order valence-corrected chi connectivity index (χ2v) is 12.2. The van der Waals surface area contributed by atoms with Crippen LogP contribution in [-0.4, -0.2) is 64.5 Å². The summed E-state index contributed by atoms with van der Waals surface area (Å²) in [5.41, 5.74) is 1.06. The Morgan fingerprint density at radius 2 is 1.68 bits per heavy atom. The van der Waals surface area contributed by atoms with Crippen LogP contribution >= 0.6 is 22.9 Å². The minimum absolute atomic E-state index is 0.136. The highest BCUT2D eigenvalue weighted by atomic mass is 35.5. The van der Waals surface area contributed by atoms with Crippen LogP contribution in [0, 0.1) is 22.0 Å². The Bertz CT molecular complexity index is 1470. The molecule has 0 radical (unpaired) electrons. The zero-order valence-corrected chi connectivity index (χ0v) is 23.7. The van der Waals surface area contributed by atoms with E-state index in [0.29, 0.717) is 54.5 Å². The minimum atomic E-state index is -0.958. The Morgan fingerprint density at radius 1 is 0.951 bits per heavy atom. The van der Waals surface area contributed by atoms with Crippen molar-refractivity contribution in [2.75, 3.05) is 26.2 Å². The van der Waals surface area contributed by atoms with Crippen molar-refractivity contribution in [3.63, 3.8) is 0 Å². The van der Waals surface area contributed by atoms with E-state index in [4.69, 9.17) is 11.6 Å². The predicted molar refractivity (Wildman–Crippen MR) is 155 cm³/mol. The number of nitro benzene ring substituents is 1. The van der Waals surface area contributed by atoms with Crippen LogP contribution in [0.3, 0.4) is 0 Å².